The summed E-state index contributed by atoms with van der Waals surface area (Å²) in [6.45, 7) is 8.18. The molecular formula is C20H29N5O. The number of hydrogen-bond acceptors (Lipinski definition) is 5. The number of nitrogens with zero attached hydrogens (tertiary/aromatic N) is 5. The van der Waals surface area contributed by atoms with Crippen molar-refractivity contribution < 1.29 is 4.79 Å². The first kappa shape index (κ1) is 18.6. The summed E-state index contributed by atoms with van der Waals surface area (Å²) in [5, 5.41) is 0. The van der Waals surface area contributed by atoms with Crippen LogP contribution in [0.1, 0.15) is 25.6 Å². The summed E-state index contributed by atoms with van der Waals surface area (Å²) in [5.41, 5.74) is 1.20. The van der Waals surface area contributed by atoms with Crippen LogP contribution < -0.4 is 0 Å². The molecule has 26 heavy (non-hydrogen) atoms. The molecule has 0 aliphatic carbocycles. The van der Waals surface area contributed by atoms with Gasteiger partial charge in [-0.2, -0.15) is 0 Å². The van der Waals surface area contributed by atoms with E-state index in [2.05, 4.69) is 44.9 Å². The molecule has 2 aliphatic rings. The van der Waals surface area contributed by atoms with E-state index in [0.29, 0.717) is 6.54 Å². The summed E-state index contributed by atoms with van der Waals surface area (Å²) >= 11 is 0. The predicted octanol–water partition coefficient (Wildman–Crippen LogP) is 1.72. The smallest absolute Gasteiger partial charge is 0.236 e. The van der Waals surface area contributed by atoms with Gasteiger partial charge in [0.2, 0.25) is 5.91 Å². The molecule has 140 valence electrons. The molecule has 0 bridgehead atoms. The van der Waals surface area contributed by atoms with Crippen molar-refractivity contribution in [3.8, 4) is 0 Å². The Balaban J connectivity index is 1.45. The van der Waals surface area contributed by atoms with E-state index in [1.165, 1.54) is 18.5 Å². The fraction of sp³-hybridized carbons (Fsp3) is 0.550. The summed E-state index contributed by atoms with van der Waals surface area (Å²) in [6.07, 6.45) is 13.1. The van der Waals surface area contributed by atoms with E-state index < -0.39 is 0 Å². The molecule has 0 atom stereocenters. The lowest BCUT2D eigenvalue weighted by atomic mass is 10.2. The molecule has 6 nitrogen and oxygen atoms in total. The molecule has 0 saturated carbocycles. The normalized spacial score (nSPS) is 19.5. The Morgan fingerprint density at radius 3 is 2.35 bits per heavy atom. The largest absolute Gasteiger partial charge is 0.368 e. The van der Waals surface area contributed by atoms with Gasteiger partial charge in [-0.25, -0.2) is 9.97 Å². The average molecular weight is 355 g/mol. The van der Waals surface area contributed by atoms with E-state index in [-0.39, 0.29) is 5.91 Å². The zero-order valence-electron chi connectivity index (χ0n) is 15.7. The number of rotatable bonds is 6. The first-order valence-corrected chi connectivity index (χ1v) is 9.60. The highest BCUT2D eigenvalue weighted by Crippen LogP contribution is 2.13. The first-order chi connectivity index (χ1) is 12.8. The van der Waals surface area contributed by atoms with Crippen LogP contribution in [-0.4, -0.2) is 76.4 Å². The topological polar surface area (TPSA) is 52.6 Å². The van der Waals surface area contributed by atoms with Gasteiger partial charge in [-0.3, -0.25) is 9.69 Å². The maximum absolute atomic E-state index is 12.5. The minimum absolute atomic E-state index is 0.283. The minimum atomic E-state index is 0.283. The molecule has 1 aromatic heterocycles. The van der Waals surface area contributed by atoms with Crippen LogP contribution in [0, 0.1) is 0 Å². The number of carbonyl (C=O) groups excluding carboxylic acids is 1. The second-order valence-corrected chi connectivity index (χ2v) is 6.84. The highest BCUT2D eigenvalue weighted by Gasteiger charge is 2.24. The van der Waals surface area contributed by atoms with Crippen LogP contribution in [0.15, 0.2) is 42.4 Å². The Kier molecular flexibility index (Phi) is 6.77. The first-order valence-electron chi connectivity index (χ1n) is 9.60. The molecule has 1 aromatic rings. The van der Waals surface area contributed by atoms with Crippen molar-refractivity contribution in [1.29, 1.82) is 0 Å². The maximum atomic E-state index is 12.5. The Bertz CT molecular complexity index is 629. The maximum Gasteiger partial charge on any atom is 0.236 e. The van der Waals surface area contributed by atoms with Crippen molar-refractivity contribution >= 4 is 5.91 Å². The van der Waals surface area contributed by atoms with E-state index in [1.807, 2.05) is 11.0 Å². The van der Waals surface area contributed by atoms with E-state index >= 15 is 0 Å². The van der Waals surface area contributed by atoms with Gasteiger partial charge in [-0.15, -0.1) is 0 Å². The number of amides is 1. The second-order valence-electron chi connectivity index (χ2n) is 6.84. The number of likely N-dealkylation sites (tertiary alicyclic amines) is 1. The fourth-order valence-corrected chi connectivity index (χ4v) is 3.55. The Hall–Kier alpha value is -2.21. The molecule has 0 aromatic carbocycles. The van der Waals surface area contributed by atoms with Crippen LogP contribution in [-0.2, 0) is 11.2 Å². The number of hydrogen-bond donors (Lipinski definition) is 0. The number of allylic oxidation sites excluding steroid dienone is 3. The number of piperazine rings is 1. The molecule has 3 rings (SSSR count). The number of aromatic nitrogens is 2. The van der Waals surface area contributed by atoms with Crippen LogP contribution in [0.25, 0.3) is 0 Å². The van der Waals surface area contributed by atoms with Crippen LogP contribution in [0.3, 0.4) is 0 Å². The second kappa shape index (κ2) is 9.48. The lowest BCUT2D eigenvalue weighted by Gasteiger charge is -2.37. The van der Waals surface area contributed by atoms with Gasteiger partial charge in [0, 0.05) is 50.7 Å². The van der Waals surface area contributed by atoms with Gasteiger partial charge in [0.15, 0.2) is 0 Å². The van der Waals surface area contributed by atoms with Crippen LogP contribution in [0.2, 0.25) is 0 Å². The summed E-state index contributed by atoms with van der Waals surface area (Å²) < 4.78 is 0. The number of carbonyl (C=O) groups is 1. The third-order valence-electron chi connectivity index (χ3n) is 5.06. The van der Waals surface area contributed by atoms with Gasteiger partial charge in [0.05, 0.1) is 6.54 Å². The molecule has 2 fully saturated rings. The molecule has 0 spiro atoms. The summed E-state index contributed by atoms with van der Waals surface area (Å²) in [6, 6.07) is 1.83. The molecular weight excluding hydrogens is 326 g/mol. The van der Waals surface area contributed by atoms with E-state index in [0.717, 1.165) is 51.5 Å². The van der Waals surface area contributed by atoms with E-state index in [9.17, 15) is 4.79 Å². The van der Waals surface area contributed by atoms with Crippen molar-refractivity contribution in [1.82, 2.24) is 24.7 Å². The Morgan fingerprint density at radius 1 is 1.04 bits per heavy atom. The van der Waals surface area contributed by atoms with Gasteiger partial charge < -0.3 is 9.80 Å². The molecule has 0 radical (unpaired) electrons. The van der Waals surface area contributed by atoms with Crippen LogP contribution in [0.5, 0.6) is 0 Å². The molecule has 1 amide bonds. The van der Waals surface area contributed by atoms with Crippen molar-refractivity contribution in [3.05, 3.63) is 48.2 Å². The zero-order chi connectivity index (χ0) is 18.2. The summed E-state index contributed by atoms with van der Waals surface area (Å²) in [7, 11) is 0. The monoisotopic (exact) mass is 355 g/mol. The van der Waals surface area contributed by atoms with Crippen molar-refractivity contribution in [2.24, 2.45) is 0 Å². The fourth-order valence-electron chi connectivity index (χ4n) is 3.55. The Labute approximate surface area is 156 Å². The van der Waals surface area contributed by atoms with E-state index in [1.54, 1.807) is 12.4 Å². The molecule has 0 unspecified atom stereocenters. The predicted molar refractivity (Wildman–Crippen MR) is 102 cm³/mol. The quantitative estimate of drug-likeness (QED) is 0.728. The molecule has 2 saturated heterocycles. The zero-order valence-corrected chi connectivity index (χ0v) is 15.7. The summed E-state index contributed by atoms with van der Waals surface area (Å²) in [4.78, 5) is 27.6. The minimum Gasteiger partial charge on any atom is -0.368 e. The van der Waals surface area contributed by atoms with Gasteiger partial charge in [0.1, 0.15) is 5.82 Å². The molecule has 3 heterocycles. The van der Waals surface area contributed by atoms with Gasteiger partial charge in [-0.05, 0) is 45.0 Å². The average Bonchev–Trinajstić information content (AvgIpc) is 3.19. The SMILES string of the molecule is C/C=C(\C=C/Cc1ncccn1)N1CCN(C(=O)CN2CCCC2)CC1. The van der Waals surface area contributed by atoms with Gasteiger partial charge in [-0.1, -0.05) is 12.2 Å². The lowest BCUT2D eigenvalue weighted by Crippen LogP contribution is -2.50. The third-order valence-corrected chi connectivity index (χ3v) is 5.06. The van der Waals surface area contributed by atoms with Crippen molar-refractivity contribution in [2.75, 3.05) is 45.8 Å². The summed E-state index contributed by atoms with van der Waals surface area (Å²) in [5.74, 6) is 1.11. The molecule has 6 heteroatoms. The highest BCUT2D eigenvalue weighted by atomic mass is 16.2. The van der Waals surface area contributed by atoms with E-state index in [4.69, 9.17) is 0 Å². The Morgan fingerprint density at radius 2 is 1.69 bits per heavy atom. The standard InChI is InChI=1S/C20H29N5O/c1-2-18(7-5-8-19-21-9-6-10-22-19)24-13-15-25(16-14-24)20(26)17-23-11-3-4-12-23/h2,5-7,9-10H,3-4,8,11-17H2,1H3/b7-5-,18-2+. The lowest BCUT2D eigenvalue weighted by molar-refractivity contribution is -0.133. The van der Waals surface area contributed by atoms with Crippen LogP contribution >= 0.6 is 0 Å². The molecule has 0 N–H and O–H groups in total. The van der Waals surface area contributed by atoms with Crippen molar-refractivity contribution in [3.63, 3.8) is 0 Å². The third kappa shape index (κ3) is 5.14. The van der Waals surface area contributed by atoms with Gasteiger partial charge in [0.25, 0.3) is 0 Å². The van der Waals surface area contributed by atoms with Crippen molar-refractivity contribution in [2.45, 2.75) is 26.2 Å². The van der Waals surface area contributed by atoms with Crippen LogP contribution in [0.4, 0.5) is 0 Å². The molecule has 2 aliphatic heterocycles. The van der Waals surface area contributed by atoms with Gasteiger partial charge >= 0.3 is 0 Å². The highest BCUT2D eigenvalue weighted by molar-refractivity contribution is 5.78.